The predicted molar refractivity (Wildman–Crippen MR) is 48.5 cm³/mol. The van der Waals surface area contributed by atoms with E-state index in [1.165, 1.54) is 19.3 Å². The molecule has 11 heavy (non-hydrogen) atoms. The Labute approximate surface area is 69.8 Å². The molecule has 1 aliphatic carbocycles. The first-order valence-electron chi connectivity index (χ1n) is 4.60. The van der Waals surface area contributed by atoms with E-state index >= 15 is 0 Å². The van der Waals surface area contributed by atoms with Gasteiger partial charge in [-0.3, -0.25) is 4.90 Å². The minimum Gasteiger partial charge on any atom is -0.326 e. The van der Waals surface area contributed by atoms with Crippen LogP contribution >= 0.6 is 0 Å². The van der Waals surface area contributed by atoms with Crippen molar-refractivity contribution in [1.29, 1.82) is 0 Å². The minimum atomic E-state index is 0.419. The Bertz CT molecular complexity index is 123. The molecular weight excluding hydrogens is 136 g/mol. The average molecular weight is 156 g/mol. The highest BCUT2D eigenvalue weighted by Crippen LogP contribution is 2.22. The lowest BCUT2D eigenvalue weighted by Gasteiger charge is -2.30. The van der Waals surface area contributed by atoms with Crippen molar-refractivity contribution in [3.05, 3.63) is 0 Å². The Morgan fingerprint density at radius 3 is 2.36 bits per heavy atom. The molecule has 0 aromatic carbocycles. The van der Waals surface area contributed by atoms with Gasteiger partial charge in [-0.2, -0.15) is 0 Å². The standard InChI is InChI=1S/C9H20N2/c1-7(2)11(3)9-6-4-5-8(9)10/h7-9H,4-6,10H2,1-3H3. The van der Waals surface area contributed by atoms with Crippen LogP contribution in [-0.2, 0) is 0 Å². The zero-order valence-electron chi connectivity index (χ0n) is 7.88. The van der Waals surface area contributed by atoms with E-state index in [9.17, 15) is 0 Å². The number of hydrogen-bond acceptors (Lipinski definition) is 2. The van der Waals surface area contributed by atoms with E-state index in [-0.39, 0.29) is 0 Å². The fraction of sp³-hybridized carbons (Fsp3) is 1.00. The summed E-state index contributed by atoms with van der Waals surface area (Å²) >= 11 is 0. The summed E-state index contributed by atoms with van der Waals surface area (Å²) < 4.78 is 0. The summed E-state index contributed by atoms with van der Waals surface area (Å²) in [6.07, 6.45) is 3.81. The van der Waals surface area contributed by atoms with Crippen molar-refractivity contribution in [3.63, 3.8) is 0 Å². The molecule has 0 aromatic rings. The van der Waals surface area contributed by atoms with Gasteiger partial charge in [0.05, 0.1) is 0 Å². The van der Waals surface area contributed by atoms with E-state index in [4.69, 9.17) is 5.73 Å². The van der Waals surface area contributed by atoms with Gasteiger partial charge in [0.15, 0.2) is 0 Å². The highest BCUT2D eigenvalue weighted by Gasteiger charge is 2.28. The molecule has 2 atom stereocenters. The first kappa shape index (κ1) is 9.01. The second kappa shape index (κ2) is 3.55. The number of rotatable bonds is 2. The van der Waals surface area contributed by atoms with Crippen LogP contribution in [0.25, 0.3) is 0 Å². The molecule has 0 heterocycles. The third kappa shape index (κ3) is 1.94. The van der Waals surface area contributed by atoms with Crippen molar-refractivity contribution in [2.45, 2.75) is 51.2 Å². The van der Waals surface area contributed by atoms with E-state index in [1.807, 2.05) is 0 Å². The van der Waals surface area contributed by atoms with Crippen molar-refractivity contribution in [3.8, 4) is 0 Å². The van der Waals surface area contributed by atoms with E-state index in [0.717, 1.165) is 0 Å². The van der Waals surface area contributed by atoms with Gasteiger partial charge in [-0.15, -0.1) is 0 Å². The fourth-order valence-electron chi connectivity index (χ4n) is 1.86. The molecule has 1 rings (SSSR count). The first-order chi connectivity index (χ1) is 5.13. The summed E-state index contributed by atoms with van der Waals surface area (Å²) in [6.45, 7) is 4.45. The molecule has 66 valence electrons. The summed E-state index contributed by atoms with van der Waals surface area (Å²) in [4.78, 5) is 2.40. The molecule has 0 bridgehead atoms. The molecule has 2 heteroatoms. The van der Waals surface area contributed by atoms with Gasteiger partial charge < -0.3 is 5.73 Å². The molecule has 0 aromatic heterocycles. The molecule has 0 aliphatic heterocycles. The lowest BCUT2D eigenvalue weighted by molar-refractivity contribution is 0.184. The third-order valence-electron chi connectivity index (χ3n) is 2.87. The largest absolute Gasteiger partial charge is 0.326 e. The summed E-state index contributed by atoms with van der Waals surface area (Å²) in [5.74, 6) is 0. The van der Waals surface area contributed by atoms with Crippen molar-refractivity contribution in [2.75, 3.05) is 7.05 Å². The van der Waals surface area contributed by atoms with E-state index < -0.39 is 0 Å². The Morgan fingerprint density at radius 1 is 1.36 bits per heavy atom. The molecule has 0 spiro atoms. The van der Waals surface area contributed by atoms with Crippen LogP contribution in [0.15, 0.2) is 0 Å². The van der Waals surface area contributed by atoms with Gasteiger partial charge in [-0.25, -0.2) is 0 Å². The minimum absolute atomic E-state index is 0.419. The highest BCUT2D eigenvalue weighted by atomic mass is 15.2. The zero-order valence-corrected chi connectivity index (χ0v) is 7.88. The summed E-state index contributed by atoms with van der Waals surface area (Å²) in [5, 5.41) is 0. The predicted octanol–water partition coefficient (Wildman–Crippen LogP) is 1.21. The zero-order chi connectivity index (χ0) is 8.43. The van der Waals surface area contributed by atoms with Gasteiger partial charge in [0.1, 0.15) is 0 Å². The number of nitrogens with zero attached hydrogens (tertiary/aromatic N) is 1. The molecule has 0 radical (unpaired) electrons. The van der Waals surface area contributed by atoms with Gasteiger partial charge in [-0.05, 0) is 33.7 Å². The highest BCUT2D eigenvalue weighted by molar-refractivity contribution is 4.87. The van der Waals surface area contributed by atoms with Gasteiger partial charge in [-0.1, -0.05) is 6.42 Å². The average Bonchev–Trinajstić information content (AvgIpc) is 2.33. The molecule has 1 fully saturated rings. The van der Waals surface area contributed by atoms with Crippen molar-refractivity contribution in [2.24, 2.45) is 5.73 Å². The summed E-state index contributed by atoms with van der Waals surface area (Å²) in [7, 11) is 2.18. The van der Waals surface area contributed by atoms with E-state index in [1.54, 1.807) is 0 Å². The molecule has 1 saturated carbocycles. The third-order valence-corrected chi connectivity index (χ3v) is 2.87. The van der Waals surface area contributed by atoms with Crippen LogP contribution in [0.2, 0.25) is 0 Å². The molecule has 2 nitrogen and oxygen atoms in total. The van der Waals surface area contributed by atoms with Crippen LogP contribution in [0, 0.1) is 0 Å². The number of hydrogen-bond donors (Lipinski definition) is 1. The van der Waals surface area contributed by atoms with Crippen molar-refractivity contribution < 1.29 is 0 Å². The second-order valence-corrected chi connectivity index (χ2v) is 3.92. The maximum Gasteiger partial charge on any atom is 0.0246 e. The summed E-state index contributed by atoms with van der Waals surface area (Å²) in [5.41, 5.74) is 5.98. The number of nitrogens with two attached hydrogens (primary N) is 1. The van der Waals surface area contributed by atoms with Crippen molar-refractivity contribution >= 4 is 0 Å². The van der Waals surface area contributed by atoms with Gasteiger partial charge in [0, 0.05) is 18.1 Å². The normalized spacial score (nSPS) is 32.2. The Hall–Kier alpha value is -0.0800. The number of likely N-dealkylation sites (N-methyl/N-ethyl adjacent to an activating group) is 1. The molecule has 0 amide bonds. The van der Waals surface area contributed by atoms with Crippen LogP contribution in [0.4, 0.5) is 0 Å². The Kier molecular flexibility index (Phi) is 2.90. The Balaban J connectivity index is 2.45. The monoisotopic (exact) mass is 156 g/mol. The van der Waals surface area contributed by atoms with Crippen LogP contribution in [-0.4, -0.2) is 30.1 Å². The topological polar surface area (TPSA) is 29.3 Å². The maximum absolute atomic E-state index is 5.98. The first-order valence-corrected chi connectivity index (χ1v) is 4.60. The quantitative estimate of drug-likeness (QED) is 0.651. The lowest BCUT2D eigenvalue weighted by atomic mass is 10.1. The maximum atomic E-state index is 5.98. The van der Waals surface area contributed by atoms with Crippen LogP contribution in [0.5, 0.6) is 0 Å². The smallest absolute Gasteiger partial charge is 0.0246 e. The molecule has 2 N–H and O–H groups in total. The molecule has 1 aliphatic rings. The van der Waals surface area contributed by atoms with Gasteiger partial charge in [0.25, 0.3) is 0 Å². The van der Waals surface area contributed by atoms with Crippen LogP contribution < -0.4 is 5.73 Å². The second-order valence-electron chi connectivity index (χ2n) is 3.92. The van der Waals surface area contributed by atoms with Crippen LogP contribution in [0.1, 0.15) is 33.1 Å². The van der Waals surface area contributed by atoms with Gasteiger partial charge >= 0.3 is 0 Å². The van der Waals surface area contributed by atoms with E-state index in [0.29, 0.717) is 18.1 Å². The summed E-state index contributed by atoms with van der Waals surface area (Å²) in [6, 6.07) is 1.68. The Morgan fingerprint density at radius 2 is 2.00 bits per heavy atom. The van der Waals surface area contributed by atoms with Crippen LogP contribution in [0.3, 0.4) is 0 Å². The molecule has 2 unspecified atom stereocenters. The SMILES string of the molecule is CC(C)N(C)C1CCCC1N. The lowest BCUT2D eigenvalue weighted by Crippen LogP contribution is -2.45. The van der Waals surface area contributed by atoms with Gasteiger partial charge in [0.2, 0.25) is 0 Å². The molecule has 0 saturated heterocycles. The van der Waals surface area contributed by atoms with Crippen molar-refractivity contribution in [1.82, 2.24) is 4.90 Å². The van der Waals surface area contributed by atoms with E-state index in [2.05, 4.69) is 25.8 Å². The fourth-order valence-corrected chi connectivity index (χ4v) is 1.86. The molecular formula is C9H20N2.